The average Bonchev–Trinajstić information content (AvgIpc) is 3.70. The van der Waals surface area contributed by atoms with Crippen molar-refractivity contribution < 1.29 is 52.7 Å². The normalized spacial score (nSPS) is 13.5. The zero-order valence-corrected chi connectivity index (χ0v) is 27.8. The van der Waals surface area contributed by atoms with E-state index in [9.17, 15) is 31.6 Å². The molecule has 6 rings (SSSR count). The molecule has 0 heterocycles. The number of aliphatic imine (C=N–C) groups is 1. The van der Waals surface area contributed by atoms with E-state index < -0.39 is 162 Å². The van der Waals surface area contributed by atoms with Gasteiger partial charge in [0.2, 0.25) is 0 Å². The third-order valence-corrected chi connectivity index (χ3v) is 9.41. The van der Waals surface area contributed by atoms with Crippen molar-refractivity contribution in [2.24, 2.45) is 4.99 Å². The van der Waals surface area contributed by atoms with Gasteiger partial charge in [-0.2, -0.15) is 31.6 Å². The molecule has 20 heteroatoms. The summed E-state index contributed by atoms with van der Waals surface area (Å²) in [6.45, 7) is 0. The highest BCUT2D eigenvalue weighted by atomic mass is 19.2. The number of rotatable bonds is 2. The first-order valence-corrected chi connectivity index (χ1v) is 15.2. The molecule has 2 aliphatic rings. The molecule has 0 amide bonds. The summed E-state index contributed by atoms with van der Waals surface area (Å²) < 4.78 is 200. The van der Waals surface area contributed by atoms with Gasteiger partial charge in [-0.15, -0.1) is 0 Å². The Balaban J connectivity index is 2.33. The predicted octanol–water partition coefficient (Wildman–Crippen LogP) is 4.03. The molecule has 0 aromatic heterocycles. The van der Waals surface area contributed by atoms with E-state index in [1.165, 1.54) is 6.07 Å². The number of benzene rings is 4. The summed E-state index contributed by atoms with van der Waals surface area (Å²) in [5.41, 5.74) is -19.0. The number of nitrogens with one attached hydrogen (secondary N) is 1. The standard InChI is InChI=1S/C38H6F12N8/c1-58-9-13(8-57)17-29(42)25-21(37(50)33(17)46)20-24(28(41)16(12(6-55)7-56)32(45)36(20)49)38(25)22-18(34(47)30(43)14(26(22)39)10(2-51)3-52)19-23(38)27(40)15(11(4-53)5-54)31(44)35(19)48/h6,9,55H,1H3/b16-12-,17-13-,55-6?,58-9?. The van der Waals surface area contributed by atoms with Gasteiger partial charge in [-0.3, -0.25) is 4.99 Å². The minimum absolute atomic E-state index is 0.126. The van der Waals surface area contributed by atoms with E-state index in [2.05, 4.69) is 4.99 Å². The molecule has 1 N–H and O–H groups in total. The number of halogens is 12. The van der Waals surface area contributed by atoms with Crippen molar-refractivity contribution in [3.63, 3.8) is 0 Å². The molecule has 0 aliphatic heterocycles. The minimum atomic E-state index is -4.35. The first-order valence-electron chi connectivity index (χ1n) is 15.2. The van der Waals surface area contributed by atoms with Crippen LogP contribution in [0, 0.1) is 164 Å². The first kappa shape index (κ1) is 39.5. The summed E-state index contributed by atoms with van der Waals surface area (Å²) >= 11 is 0. The molecule has 58 heavy (non-hydrogen) atoms. The highest BCUT2D eigenvalue weighted by molar-refractivity contribution is 6.08. The molecule has 0 saturated heterocycles. The van der Waals surface area contributed by atoms with E-state index in [1.807, 2.05) is 0 Å². The van der Waals surface area contributed by atoms with Gasteiger partial charge >= 0.3 is 0 Å². The lowest BCUT2D eigenvalue weighted by atomic mass is 9.67. The van der Waals surface area contributed by atoms with Gasteiger partial charge in [0, 0.05) is 62.6 Å². The lowest BCUT2D eigenvalue weighted by molar-refractivity contribution is 0.447. The van der Waals surface area contributed by atoms with Crippen LogP contribution in [0.25, 0.3) is 22.3 Å². The van der Waals surface area contributed by atoms with Gasteiger partial charge in [-0.05, 0) is 0 Å². The second-order valence-electron chi connectivity index (χ2n) is 11.8. The van der Waals surface area contributed by atoms with Crippen molar-refractivity contribution in [1.82, 2.24) is 0 Å². The van der Waals surface area contributed by atoms with Crippen LogP contribution in [0.1, 0.15) is 22.3 Å². The molecular formula is C38H6F12N8. The first-order chi connectivity index (χ1) is 27.5. The van der Waals surface area contributed by atoms with Crippen LogP contribution in [-0.4, -0.2) is 19.5 Å². The van der Waals surface area contributed by atoms with E-state index in [0.717, 1.165) is 37.4 Å². The van der Waals surface area contributed by atoms with Crippen molar-refractivity contribution >= 4 is 34.7 Å². The van der Waals surface area contributed by atoms with E-state index >= 15 is 52.7 Å². The topological polar surface area (TPSA) is 179 Å². The quantitative estimate of drug-likeness (QED) is 0.157. The van der Waals surface area contributed by atoms with Gasteiger partial charge in [0.15, 0.2) is 46.5 Å². The number of hydrogen-bond donors (Lipinski definition) is 1. The summed E-state index contributed by atoms with van der Waals surface area (Å²) in [6.07, 6.45) is 0.235. The fraction of sp³-hybridized carbons (Fsp3) is 0.0526. The van der Waals surface area contributed by atoms with Crippen LogP contribution in [0.3, 0.4) is 0 Å². The summed E-state index contributed by atoms with van der Waals surface area (Å²) in [4.78, 5) is 3.35. The van der Waals surface area contributed by atoms with Gasteiger partial charge in [0.05, 0.1) is 37.4 Å². The third kappa shape index (κ3) is 4.48. The zero-order chi connectivity index (χ0) is 43.0. The number of nitriles is 6. The van der Waals surface area contributed by atoms with Crippen molar-refractivity contribution in [3.8, 4) is 36.4 Å². The molecule has 1 spiro atoms. The lowest BCUT2D eigenvalue weighted by Crippen LogP contribution is -2.40. The van der Waals surface area contributed by atoms with Crippen LogP contribution in [0.15, 0.2) is 4.99 Å². The fourth-order valence-corrected chi connectivity index (χ4v) is 7.36. The maximum absolute atomic E-state index is 17.5. The lowest BCUT2D eigenvalue weighted by Gasteiger charge is -2.33. The van der Waals surface area contributed by atoms with Crippen LogP contribution in [-0.2, 0) is 5.41 Å². The Morgan fingerprint density at radius 1 is 0.431 bits per heavy atom. The summed E-state index contributed by atoms with van der Waals surface area (Å²) in [5, 5.41) is 48.7. The molecule has 2 aliphatic carbocycles. The second kappa shape index (κ2) is 13.5. The summed E-state index contributed by atoms with van der Waals surface area (Å²) in [6, 6.07) is 6.09. The largest absolute Gasteiger partial charge is 0.307 e. The zero-order valence-electron chi connectivity index (χ0n) is 27.8. The average molecular weight is 802 g/mol. The van der Waals surface area contributed by atoms with Crippen LogP contribution in [0.5, 0.6) is 0 Å². The molecule has 282 valence electrons. The third-order valence-electron chi connectivity index (χ3n) is 9.41. The van der Waals surface area contributed by atoms with E-state index in [0.29, 0.717) is 6.21 Å². The van der Waals surface area contributed by atoms with Gasteiger partial charge < -0.3 is 5.41 Å². The number of hydrogen-bond acceptors (Lipinski definition) is 8. The maximum Gasteiger partial charge on any atom is 0.171 e. The molecular weight excluding hydrogens is 796 g/mol. The van der Waals surface area contributed by atoms with Gasteiger partial charge in [-0.25, -0.2) is 52.7 Å². The second-order valence-corrected chi connectivity index (χ2v) is 11.8. The van der Waals surface area contributed by atoms with Crippen LogP contribution >= 0.6 is 0 Å². The monoisotopic (exact) mass is 802 g/mol. The Morgan fingerprint density at radius 3 is 0.966 bits per heavy atom. The van der Waals surface area contributed by atoms with Crippen LogP contribution in [0.4, 0.5) is 52.7 Å². The van der Waals surface area contributed by atoms with Crippen LogP contribution in [0.2, 0.25) is 0 Å². The Hall–Kier alpha value is -8.20. The highest BCUT2D eigenvalue weighted by Gasteiger charge is 2.58. The Labute approximate surface area is 311 Å². The van der Waals surface area contributed by atoms with Crippen LogP contribution < -0.4 is 20.9 Å². The molecule has 8 nitrogen and oxygen atoms in total. The van der Waals surface area contributed by atoms with Gasteiger partial charge in [0.25, 0.3) is 0 Å². The SMILES string of the molecule is CN=C/C(C#N)=c1\c(F)c(F)c2c(c1F)C1(c3c(F)c(=C(C#N)C#N)c(F)c(F)c3=c3c(F)c(F)c(=C(C#N)C#N)c(F)c31)c1c(F)/c(=C(/C#N)C=N)c(F)c(F)c1=2. The molecule has 0 fully saturated rings. The van der Waals surface area contributed by atoms with E-state index in [-0.39, 0.29) is 6.21 Å². The summed E-state index contributed by atoms with van der Waals surface area (Å²) in [5.74, 6) is -31.1. The Kier molecular flexibility index (Phi) is 9.21. The van der Waals surface area contributed by atoms with E-state index in [1.54, 1.807) is 0 Å². The molecule has 4 aromatic carbocycles. The van der Waals surface area contributed by atoms with Crippen molar-refractivity contribution in [1.29, 1.82) is 37.0 Å². The molecule has 0 atom stereocenters. The van der Waals surface area contributed by atoms with Crippen molar-refractivity contribution in [2.45, 2.75) is 5.41 Å². The maximum atomic E-state index is 17.5. The Bertz CT molecular complexity index is 3390. The molecule has 0 saturated carbocycles. The fourth-order valence-electron chi connectivity index (χ4n) is 7.36. The molecule has 0 radical (unpaired) electrons. The van der Waals surface area contributed by atoms with Gasteiger partial charge in [0.1, 0.15) is 70.8 Å². The van der Waals surface area contributed by atoms with E-state index in [4.69, 9.17) is 5.41 Å². The number of nitrogens with zero attached hydrogens (tertiary/aromatic N) is 7. The highest BCUT2D eigenvalue weighted by Crippen LogP contribution is 2.56. The molecule has 0 unspecified atom stereocenters. The van der Waals surface area contributed by atoms with Crippen molar-refractivity contribution in [3.05, 3.63) is 134 Å². The minimum Gasteiger partial charge on any atom is -0.307 e. The molecule has 4 aromatic rings. The summed E-state index contributed by atoms with van der Waals surface area (Å²) in [7, 11) is 0.902. The number of fused-ring (bicyclic) bond motifs is 8. The van der Waals surface area contributed by atoms with Crippen molar-refractivity contribution in [2.75, 3.05) is 7.05 Å². The van der Waals surface area contributed by atoms with Gasteiger partial charge in [-0.1, -0.05) is 0 Å². The predicted molar refractivity (Wildman–Crippen MR) is 169 cm³/mol. The smallest absolute Gasteiger partial charge is 0.171 e. The molecule has 0 bridgehead atoms. The Morgan fingerprint density at radius 2 is 0.707 bits per heavy atom.